The Morgan fingerprint density at radius 2 is 1.70 bits per heavy atom. The van der Waals surface area contributed by atoms with Crippen molar-refractivity contribution < 1.29 is 4.74 Å². The minimum absolute atomic E-state index is 0.834. The zero-order valence-corrected chi connectivity index (χ0v) is 15.6. The Kier molecular flexibility index (Phi) is 4.52. The molecule has 4 heteroatoms. The standard InChI is InChI=1S/C23H25N3O/c1-3-19-5-2-9-24-23(19)21(4-1)17-26-12-10-25(11-13-26)16-18-6-7-22-20(15-18)8-14-27-22/h1-7,9,15H,8,10-14,16-17H2. The normalized spacial score (nSPS) is 17.8. The molecule has 0 N–H and O–H groups in total. The van der Waals surface area contributed by atoms with Gasteiger partial charge in [0, 0.05) is 57.3 Å². The van der Waals surface area contributed by atoms with Crippen molar-refractivity contribution in [1.82, 2.24) is 14.8 Å². The molecule has 0 amide bonds. The number of para-hydroxylation sites is 1. The summed E-state index contributed by atoms with van der Waals surface area (Å²) in [4.78, 5) is 9.72. The fourth-order valence-electron chi connectivity index (χ4n) is 4.24. The van der Waals surface area contributed by atoms with Crippen LogP contribution in [0.2, 0.25) is 0 Å². The molecule has 3 aromatic rings. The lowest BCUT2D eigenvalue weighted by Gasteiger charge is -2.35. The van der Waals surface area contributed by atoms with Gasteiger partial charge in [-0.1, -0.05) is 36.4 Å². The number of ether oxygens (including phenoxy) is 1. The summed E-state index contributed by atoms with van der Waals surface area (Å²) in [6.07, 6.45) is 2.95. The van der Waals surface area contributed by atoms with Crippen LogP contribution in [-0.4, -0.2) is 47.6 Å². The van der Waals surface area contributed by atoms with Gasteiger partial charge in [0.2, 0.25) is 0 Å². The fraction of sp³-hybridized carbons (Fsp3) is 0.348. The Morgan fingerprint density at radius 3 is 2.59 bits per heavy atom. The molecule has 0 atom stereocenters. The number of benzene rings is 2. The van der Waals surface area contributed by atoms with Gasteiger partial charge in [0.15, 0.2) is 0 Å². The van der Waals surface area contributed by atoms with Crippen LogP contribution in [0.15, 0.2) is 54.7 Å². The van der Waals surface area contributed by atoms with E-state index in [0.717, 1.165) is 63.6 Å². The lowest BCUT2D eigenvalue weighted by molar-refractivity contribution is 0.122. The second kappa shape index (κ2) is 7.29. The smallest absolute Gasteiger partial charge is 0.122 e. The van der Waals surface area contributed by atoms with E-state index in [4.69, 9.17) is 4.74 Å². The fourth-order valence-corrected chi connectivity index (χ4v) is 4.24. The highest BCUT2D eigenvalue weighted by molar-refractivity contribution is 5.81. The number of hydrogen-bond acceptors (Lipinski definition) is 4. The van der Waals surface area contributed by atoms with Crippen molar-refractivity contribution in [2.75, 3.05) is 32.8 Å². The molecule has 0 spiro atoms. The summed E-state index contributed by atoms with van der Waals surface area (Å²) in [6.45, 7) is 7.31. The molecule has 0 unspecified atom stereocenters. The third-order valence-corrected chi connectivity index (χ3v) is 5.74. The van der Waals surface area contributed by atoms with Crippen LogP contribution in [0.5, 0.6) is 5.75 Å². The molecule has 27 heavy (non-hydrogen) atoms. The average Bonchev–Trinajstić information content (AvgIpc) is 3.18. The quantitative estimate of drug-likeness (QED) is 0.713. The van der Waals surface area contributed by atoms with Gasteiger partial charge in [-0.05, 0) is 28.8 Å². The second-order valence-corrected chi connectivity index (χ2v) is 7.59. The third-order valence-electron chi connectivity index (χ3n) is 5.74. The number of nitrogens with zero attached hydrogens (tertiary/aromatic N) is 3. The van der Waals surface area contributed by atoms with Gasteiger partial charge in [0.25, 0.3) is 0 Å². The van der Waals surface area contributed by atoms with Crippen LogP contribution in [0, 0.1) is 0 Å². The predicted octanol–water partition coefficient (Wildman–Crippen LogP) is 3.49. The van der Waals surface area contributed by atoms with Gasteiger partial charge in [-0.15, -0.1) is 0 Å². The molecule has 138 valence electrons. The van der Waals surface area contributed by atoms with Crippen molar-refractivity contribution in [2.24, 2.45) is 0 Å². The van der Waals surface area contributed by atoms with E-state index in [0.29, 0.717) is 0 Å². The number of fused-ring (bicyclic) bond motifs is 2. The number of aromatic nitrogens is 1. The van der Waals surface area contributed by atoms with Crippen LogP contribution in [0.25, 0.3) is 10.9 Å². The topological polar surface area (TPSA) is 28.6 Å². The molecule has 2 aliphatic heterocycles. The van der Waals surface area contributed by atoms with Crippen molar-refractivity contribution >= 4 is 10.9 Å². The molecule has 0 saturated carbocycles. The lowest BCUT2D eigenvalue weighted by atomic mass is 10.1. The average molecular weight is 359 g/mol. The SMILES string of the molecule is c1cnc2c(CN3CCN(Cc4ccc5c(c4)CCO5)CC3)cccc2c1. The molecule has 4 nitrogen and oxygen atoms in total. The summed E-state index contributed by atoms with van der Waals surface area (Å²) >= 11 is 0. The number of piperazine rings is 1. The summed E-state index contributed by atoms with van der Waals surface area (Å²) in [5.74, 6) is 1.08. The van der Waals surface area contributed by atoms with Crippen molar-refractivity contribution in [3.63, 3.8) is 0 Å². The maximum Gasteiger partial charge on any atom is 0.122 e. The first kappa shape index (κ1) is 16.7. The maximum atomic E-state index is 5.62. The predicted molar refractivity (Wildman–Crippen MR) is 108 cm³/mol. The summed E-state index contributed by atoms with van der Waals surface area (Å²) in [5, 5.41) is 1.23. The molecule has 0 bridgehead atoms. The molecule has 0 radical (unpaired) electrons. The first-order chi connectivity index (χ1) is 13.3. The first-order valence-corrected chi connectivity index (χ1v) is 9.87. The zero-order valence-electron chi connectivity index (χ0n) is 15.6. The summed E-state index contributed by atoms with van der Waals surface area (Å²) in [5.41, 5.74) is 5.25. The highest BCUT2D eigenvalue weighted by Crippen LogP contribution is 2.26. The first-order valence-electron chi connectivity index (χ1n) is 9.87. The van der Waals surface area contributed by atoms with Crippen molar-refractivity contribution in [3.8, 4) is 5.75 Å². The summed E-state index contributed by atoms with van der Waals surface area (Å²) < 4.78 is 5.62. The Balaban J connectivity index is 1.20. The zero-order chi connectivity index (χ0) is 18.1. The van der Waals surface area contributed by atoms with Crippen LogP contribution in [0.3, 0.4) is 0 Å². The molecule has 2 aromatic carbocycles. The van der Waals surface area contributed by atoms with Crippen molar-refractivity contribution in [1.29, 1.82) is 0 Å². The van der Waals surface area contributed by atoms with Crippen molar-refractivity contribution in [2.45, 2.75) is 19.5 Å². The van der Waals surface area contributed by atoms with Crippen LogP contribution in [0.1, 0.15) is 16.7 Å². The third kappa shape index (κ3) is 3.55. The van der Waals surface area contributed by atoms with E-state index in [2.05, 4.69) is 57.2 Å². The minimum atomic E-state index is 0.834. The molecular weight excluding hydrogens is 334 g/mol. The largest absolute Gasteiger partial charge is 0.493 e. The van der Waals surface area contributed by atoms with Gasteiger partial charge in [0.1, 0.15) is 5.75 Å². The van der Waals surface area contributed by atoms with E-state index >= 15 is 0 Å². The van der Waals surface area contributed by atoms with Crippen LogP contribution in [-0.2, 0) is 19.5 Å². The van der Waals surface area contributed by atoms with Crippen LogP contribution in [0.4, 0.5) is 0 Å². The van der Waals surface area contributed by atoms with E-state index in [1.165, 1.54) is 22.1 Å². The van der Waals surface area contributed by atoms with Crippen LogP contribution >= 0.6 is 0 Å². The molecule has 1 saturated heterocycles. The summed E-state index contributed by atoms with van der Waals surface area (Å²) in [7, 11) is 0. The Hall–Kier alpha value is -2.43. The summed E-state index contributed by atoms with van der Waals surface area (Å²) in [6, 6.07) is 17.4. The van der Waals surface area contributed by atoms with Crippen LogP contribution < -0.4 is 4.74 Å². The van der Waals surface area contributed by atoms with E-state index in [-0.39, 0.29) is 0 Å². The Morgan fingerprint density at radius 1 is 0.889 bits per heavy atom. The van der Waals surface area contributed by atoms with E-state index < -0.39 is 0 Å². The molecule has 0 aliphatic carbocycles. The molecule has 5 rings (SSSR count). The van der Waals surface area contributed by atoms with Crippen molar-refractivity contribution in [3.05, 3.63) is 71.4 Å². The lowest BCUT2D eigenvalue weighted by Crippen LogP contribution is -2.45. The Labute approximate surface area is 160 Å². The van der Waals surface area contributed by atoms with Gasteiger partial charge in [0.05, 0.1) is 12.1 Å². The van der Waals surface area contributed by atoms with Gasteiger partial charge < -0.3 is 4.74 Å². The van der Waals surface area contributed by atoms with Gasteiger partial charge >= 0.3 is 0 Å². The minimum Gasteiger partial charge on any atom is -0.493 e. The molecule has 2 aliphatic rings. The number of rotatable bonds is 4. The van der Waals surface area contributed by atoms with Gasteiger partial charge in [-0.2, -0.15) is 0 Å². The van der Waals surface area contributed by atoms with Gasteiger partial charge in [-0.25, -0.2) is 0 Å². The van der Waals surface area contributed by atoms with Gasteiger partial charge in [-0.3, -0.25) is 14.8 Å². The van der Waals surface area contributed by atoms with E-state index in [1.807, 2.05) is 12.3 Å². The number of pyridine rings is 1. The maximum absolute atomic E-state index is 5.62. The molecular formula is C23H25N3O. The van der Waals surface area contributed by atoms with E-state index in [1.54, 1.807) is 0 Å². The highest BCUT2D eigenvalue weighted by Gasteiger charge is 2.19. The monoisotopic (exact) mass is 359 g/mol. The number of hydrogen-bond donors (Lipinski definition) is 0. The highest BCUT2D eigenvalue weighted by atomic mass is 16.5. The molecule has 3 heterocycles. The Bertz CT molecular complexity index is 942. The molecule has 1 fully saturated rings. The molecule has 1 aromatic heterocycles. The van der Waals surface area contributed by atoms with E-state index in [9.17, 15) is 0 Å². The second-order valence-electron chi connectivity index (χ2n) is 7.59.